The van der Waals surface area contributed by atoms with Crippen LogP contribution in [0.15, 0.2) is 0 Å². The van der Waals surface area contributed by atoms with Gasteiger partial charge in [0, 0.05) is 17.8 Å². The van der Waals surface area contributed by atoms with E-state index in [4.69, 9.17) is 0 Å². The first kappa shape index (κ1) is 16.1. The van der Waals surface area contributed by atoms with E-state index in [2.05, 4.69) is 34.9 Å². The molecule has 0 saturated heterocycles. The minimum Gasteiger partial charge on any atom is -0.262 e. The van der Waals surface area contributed by atoms with E-state index < -0.39 is 0 Å². The van der Waals surface area contributed by atoms with Crippen LogP contribution in [0.2, 0.25) is 0 Å². The SMILES string of the molecule is CCCn1nc(C)c([N+](=O)[O-])c1CC(Br)CC(C)C. The van der Waals surface area contributed by atoms with Crippen LogP contribution >= 0.6 is 15.9 Å². The van der Waals surface area contributed by atoms with Crippen molar-refractivity contribution in [2.45, 2.75) is 58.3 Å². The molecule has 1 unspecified atom stereocenters. The monoisotopic (exact) mass is 331 g/mol. The second-order valence-electron chi connectivity index (χ2n) is 5.29. The minimum atomic E-state index is -0.307. The Bertz CT molecular complexity index is 443. The van der Waals surface area contributed by atoms with E-state index >= 15 is 0 Å². The van der Waals surface area contributed by atoms with E-state index in [0.717, 1.165) is 25.1 Å². The quantitative estimate of drug-likeness (QED) is 0.433. The third-order valence-corrected chi connectivity index (χ3v) is 3.66. The van der Waals surface area contributed by atoms with E-state index in [1.165, 1.54) is 0 Å². The molecule has 0 aliphatic heterocycles. The molecule has 5 nitrogen and oxygen atoms in total. The van der Waals surface area contributed by atoms with Gasteiger partial charge in [-0.05, 0) is 25.7 Å². The summed E-state index contributed by atoms with van der Waals surface area (Å²) >= 11 is 3.63. The molecule has 0 spiro atoms. The predicted octanol–water partition coefficient (Wildman–Crippen LogP) is 3.86. The summed E-state index contributed by atoms with van der Waals surface area (Å²) in [5.41, 5.74) is 1.44. The Morgan fingerprint density at radius 2 is 2.11 bits per heavy atom. The van der Waals surface area contributed by atoms with Crippen molar-refractivity contribution in [3.8, 4) is 0 Å². The lowest BCUT2D eigenvalue weighted by atomic mass is 10.0. The van der Waals surface area contributed by atoms with Crippen molar-refractivity contribution in [1.29, 1.82) is 0 Å². The molecule has 6 heteroatoms. The first-order chi connectivity index (χ1) is 8.86. The van der Waals surface area contributed by atoms with Crippen molar-refractivity contribution in [2.24, 2.45) is 5.92 Å². The molecule has 0 amide bonds. The normalized spacial score (nSPS) is 12.9. The van der Waals surface area contributed by atoms with Crippen LogP contribution < -0.4 is 0 Å². The number of nitro groups is 1. The molecule has 1 atom stereocenters. The van der Waals surface area contributed by atoms with Crippen LogP contribution in [0.4, 0.5) is 5.69 Å². The number of rotatable bonds is 7. The molecule has 0 aromatic carbocycles. The van der Waals surface area contributed by atoms with Gasteiger partial charge in [0.15, 0.2) is 0 Å². The maximum absolute atomic E-state index is 11.2. The second-order valence-corrected chi connectivity index (χ2v) is 6.59. The highest BCUT2D eigenvalue weighted by molar-refractivity contribution is 9.09. The molecule has 1 rings (SSSR count). The Kier molecular flexibility index (Phi) is 5.97. The number of aryl methyl sites for hydroxylation is 2. The summed E-state index contributed by atoms with van der Waals surface area (Å²) in [5.74, 6) is 0.562. The Balaban J connectivity index is 3.04. The molecular formula is C13H22BrN3O2. The van der Waals surface area contributed by atoms with Crippen LogP contribution in [0.3, 0.4) is 0 Å². The van der Waals surface area contributed by atoms with E-state index in [1.807, 2.05) is 6.92 Å². The zero-order valence-electron chi connectivity index (χ0n) is 12.0. The van der Waals surface area contributed by atoms with Gasteiger partial charge >= 0.3 is 5.69 Å². The second kappa shape index (κ2) is 7.03. The summed E-state index contributed by atoms with van der Waals surface area (Å²) in [6.07, 6.45) is 2.56. The van der Waals surface area contributed by atoms with Gasteiger partial charge in [-0.1, -0.05) is 36.7 Å². The van der Waals surface area contributed by atoms with Gasteiger partial charge in [0.2, 0.25) is 0 Å². The van der Waals surface area contributed by atoms with Gasteiger partial charge in [0.1, 0.15) is 11.4 Å². The molecule has 0 fully saturated rings. The lowest BCUT2D eigenvalue weighted by Gasteiger charge is -2.13. The lowest BCUT2D eigenvalue weighted by molar-refractivity contribution is -0.386. The van der Waals surface area contributed by atoms with Crippen molar-refractivity contribution >= 4 is 21.6 Å². The van der Waals surface area contributed by atoms with E-state index in [-0.39, 0.29) is 15.4 Å². The topological polar surface area (TPSA) is 61.0 Å². The molecule has 1 heterocycles. The molecule has 0 radical (unpaired) electrons. The maximum Gasteiger partial charge on any atom is 0.313 e. The van der Waals surface area contributed by atoms with Crippen LogP contribution in [-0.2, 0) is 13.0 Å². The molecule has 19 heavy (non-hydrogen) atoms. The van der Waals surface area contributed by atoms with Crippen molar-refractivity contribution in [1.82, 2.24) is 9.78 Å². The molecular weight excluding hydrogens is 310 g/mol. The number of aromatic nitrogens is 2. The fourth-order valence-electron chi connectivity index (χ4n) is 2.26. The van der Waals surface area contributed by atoms with Crippen molar-refractivity contribution in [3.63, 3.8) is 0 Å². The molecule has 0 aliphatic rings. The van der Waals surface area contributed by atoms with Crippen molar-refractivity contribution in [2.75, 3.05) is 0 Å². The van der Waals surface area contributed by atoms with Crippen LogP contribution in [0.1, 0.15) is 45.0 Å². The summed E-state index contributed by atoms with van der Waals surface area (Å²) in [4.78, 5) is 11.1. The Morgan fingerprint density at radius 1 is 1.47 bits per heavy atom. The molecule has 0 N–H and O–H groups in total. The first-order valence-electron chi connectivity index (χ1n) is 6.71. The smallest absolute Gasteiger partial charge is 0.262 e. The zero-order chi connectivity index (χ0) is 14.6. The maximum atomic E-state index is 11.2. The van der Waals surface area contributed by atoms with Gasteiger partial charge in [0.05, 0.1) is 4.92 Å². The molecule has 0 aliphatic carbocycles. The van der Waals surface area contributed by atoms with Crippen LogP contribution in [0.25, 0.3) is 0 Å². The third-order valence-electron chi connectivity index (χ3n) is 2.96. The Labute approximate surface area is 122 Å². The van der Waals surface area contributed by atoms with E-state index in [9.17, 15) is 10.1 Å². The highest BCUT2D eigenvalue weighted by Crippen LogP contribution is 2.27. The summed E-state index contributed by atoms with van der Waals surface area (Å²) < 4.78 is 1.79. The van der Waals surface area contributed by atoms with Crippen LogP contribution in [0.5, 0.6) is 0 Å². The predicted molar refractivity (Wildman–Crippen MR) is 79.8 cm³/mol. The fraction of sp³-hybridized carbons (Fsp3) is 0.769. The lowest BCUT2D eigenvalue weighted by Crippen LogP contribution is -2.13. The van der Waals surface area contributed by atoms with Gasteiger partial charge < -0.3 is 0 Å². The van der Waals surface area contributed by atoms with Gasteiger partial charge in [0.25, 0.3) is 0 Å². The first-order valence-corrected chi connectivity index (χ1v) is 7.63. The summed E-state index contributed by atoms with van der Waals surface area (Å²) in [5, 5.41) is 15.5. The average Bonchev–Trinajstić information content (AvgIpc) is 2.54. The number of nitrogens with zero attached hydrogens (tertiary/aromatic N) is 3. The largest absolute Gasteiger partial charge is 0.313 e. The molecule has 0 bridgehead atoms. The number of alkyl halides is 1. The number of hydrogen-bond acceptors (Lipinski definition) is 3. The zero-order valence-corrected chi connectivity index (χ0v) is 13.6. The summed E-state index contributed by atoms with van der Waals surface area (Å²) in [6, 6.07) is 0. The van der Waals surface area contributed by atoms with Crippen LogP contribution in [-0.4, -0.2) is 19.5 Å². The molecule has 1 aromatic heterocycles. The van der Waals surface area contributed by atoms with Gasteiger partial charge in [-0.15, -0.1) is 0 Å². The van der Waals surface area contributed by atoms with E-state index in [1.54, 1.807) is 11.6 Å². The summed E-state index contributed by atoms with van der Waals surface area (Å²) in [6.45, 7) is 8.78. The summed E-state index contributed by atoms with van der Waals surface area (Å²) in [7, 11) is 0. The minimum absolute atomic E-state index is 0.182. The van der Waals surface area contributed by atoms with Crippen LogP contribution in [0, 0.1) is 23.0 Å². The van der Waals surface area contributed by atoms with Gasteiger partial charge in [-0.3, -0.25) is 14.8 Å². The standard InChI is InChI=1S/C13H22BrN3O2/c1-5-6-16-12(8-11(14)7-9(2)3)13(17(18)19)10(4)15-16/h9,11H,5-8H2,1-4H3. The molecule has 1 aromatic rings. The Morgan fingerprint density at radius 3 is 2.58 bits per heavy atom. The highest BCUT2D eigenvalue weighted by Gasteiger charge is 2.26. The van der Waals surface area contributed by atoms with Crippen molar-refractivity contribution < 1.29 is 4.92 Å². The molecule has 0 saturated carbocycles. The average molecular weight is 332 g/mol. The Hall–Kier alpha value is -0.910. The molecule has 108 valence electrons. The highest BCUT2D eigenvalue weighted by atomic mass is 79.9. The van der Waals surface area contributed by atoms with E-state index in [0.29, 0.717) is 18.0 Å². The fourth-order valence-corrected chi connectivity index (χ4v) is 3.32. The third kappa shape index (κ3) is 4.30. The van der Waals surface area contributed by atoms with Gasteiger partial charge in [-0.2, -0.15) is 5.10 Å². The number of halogens is 1. The number of hydrogen-bond donors (Lipinski definition) is 0. The van der Waals surface area contributed by atoms with Crippen molar-refractivity contribution in [3.05, 3.63) is 21.5 Å². The van der Waals surface area contributed by atoms with Gasteiger partial charge in [-0.25, -0.2) is 0 Å².